The van der Waals surface area contributed by atoms with Crippen LogP contribution in [-0.4, -0.2) is 46.4 Å². The molecule has 1 aromatic rings. The lowest BCUT2D eigenvalue weighted by Gasteiger charge is -2.31. The van der Waals surface area contributed by atoms with E-state index in [9.17, 15) is 4.79 Å². The first-order chi connectivity index (χ1) is 10.1. The molecule has 1 aromatic carbocycles. The normalized spacial score (nSPS) is 26.4. The van der Waals surface area contributed by atoms with Crippen molar-refractivity contribution in [2.75, 3.05) is 30.3 Å². The van der Waals surface area contributed by atoms with Gasteiger partial charge >= 0.3 is 0 Å². The Bertz CT molecular complexity index is 529. The Balaban J connectivity index is 1.79. The predicted octanol–water partition coefficient (Wildman–Crippen LogP) is 2.58. The Morgan fingerprint density at radius 3 is 2.95 bits per heavy atom. The number of carbonyl (C=O) groups is 1. The lowest BCUT2D eigenvalue weighted by atomic mass is 10.0. The maximum atomic E-state index is 12.3. The average Bonchev–Trinajstić information content (AvgIpc) is 2.84. The van der Waals surface area contributed by atoms with E-state index in [0.29, 0.717) is 11.8 Å². The molecule has 2 saturated heterocycles. The highest BCUT2D eigenvalue weighted by molar-refractivity contribution is 8.06. The minimum atomic E-state index is 0.0462. The first kappa shape index (κ1) is 15.3. The summed E-state index contributed by atoms with van der Waals surface area (Å²) in [5.74, 6) is 3.85. The van der Waals surface area contributed by atoms with Gasteiger partial charge in [0.25, 0.3) is 0 Å². The highest BCUT2D eigenvalue weighted by Gasteiger charge is 2.34. The fourth-order valence-electron chi connectivity index (χ4n) is 2.94. The number of benzene rings is 1. The molecule has 0 aromatic heterocycles. The van der Waals surface area contributed by atoms with Crippen molar-refractivity contribution >= 4 is 29.4 Å². The number of rotatable bonds is 3. The predicted molar refractivity (Wildman–Crippen MR) is 91.9 cm³/mol. The second-order valence-electron chi connectivity index (χ2n) is 5.76. The van der Waals surface area contributed by atoms with Crippen LogP contribution < -0.4 is 5.32 Å². The monoisotopic (exact) mass is 322 g/mol. The zero-order valence-electron chi connectivity index (χ0n) is 12.6. The van der Waals surface area contributed by atoms with E-state index in [2.05, 4.69) is 37.4 Å². The molecule has 2 aliphatic rings. The Labute approximate surface area is 135 Å². The van der Waals surface area contributed by atoms with Gasteiger partial charge in [-0.25, -0.2) is 0 Å². The maximum Gasteiger partial charge on any atom is 0.238 e. The van der Waals surface area contributed by atoms with Gasteiger partial charge in [0.15, 0.2) is 0 Å². The quantitative estimate of drug-likeness (QED) is 0.927. The first-order valence-corrected chi connectivity index (χ1v) is 9.65. The molecule has 3 nitrogen and oxygen atoms in total. The van der Waals surface area contributed by atoms with Gasteiger partial charge in [0.1, 0.15) is 6.17 Å². The van der Waals surface area contributed by atoms with Crippen LogP contribution in [0.2, 0.25) is 0 Å². The second-order valence-corrected chi connectivity index (χ2v) is 8.32. The Morgan fingerprint density at radius 2 is 2.19 bits per heavy atom. The van der Waals surface area contributed by atoms with Crippen LogP contribution in [0.25, 0.3) is 0 Å². The Kier molecular flexibility index (Phi) is 4.82. The third-order valence-electron chi connectivity index (χ3n) is 4.09. The molecule has 0 spiro atoms. The number of nitrogens with zero attached hydrogens (tertiary/aromatic N) is 1. The summed E-state index contributed by atoms with van der Waals surface area (Å²) in [6.45, 7) is 5.56. The summed E-state index contributed by atoms with van der Waals surface area (Å²) < 4.78 is 0. The fraction of sp³-hybridized carbons (Fsp3) is 0.562. The topological polar surface area (TPSA) is 32.3 Å². The van der Waals surface area contributed by atoms with E-state index in [4.69, 9.17) is 0 Å². The van der Waals surface area contributed by atoms with Gasteiger partial charge in [0.2, 0.25) is 5.91 Å². The summed E-state index contributed by atoms with van der Waals surface area (Å²) in [6.07, 6.45) is 0.0462. The molecule has 3 rings (SSSR count). The summed E-state index contributed by atoms with van der Waals surface area (Å²) in [6, 6.07) is 6.49. The van der Waals surface area contributed by atoms with E-state index in [1.54, 1.807) is 0 Å². The number of aryl methyl sites for hydroxylation is 2. The first-order valence-electron chi connectivity index (χ1n) is 7.44. The van der Waals surface area contributed by atoms with E-state index in [1.165, 1.54) is 28.2 Å². The summed E-state index contributed by atoms with van der Waals surface area (Å²) >= 11 is 4.03. The van der Waals surface area contributed by atoms with Gasteiger partial charge in [0, 0.05) is 29.1 Å². The van der Waals surface area contributed by atoms with E-state index in [1.807, 2.05) is 28.4 Å². The van der Waals surface area contributed by atoms with Gasteiger partial charge in [0.05, 0.1) is 6.54 Å². The molecule has 21 heavy (non-hydrogen) atoms. The molecule has 2 aliphatic heterocycles. The molecular weight excluding hydrogens is 300 g/mol. The van der Waals surface area contributed by atoms with Crippen molar-refractivity contribution < 1.29 is 4.79 Å². The van der Waals surface area contributed by atoms with Gasteiger partial charge in [-0.15, -0.1) is 0 Å². The molecule has 2 unspecified atom stereocenters. The molecule has 2 heterocycles. The molecule has 114 valence electrons. The smallest absolute Gasteiger partial charge is 0.238 e. The number of hydrogen-bond donors (Lipinski definition) is 1. The van der Waals surface area contributed by atoms with Crippen LogP contribution in [0.15, 0.2) is 18.2 Å². The van der Waals surface area contributed by atoms with Crippen LogP contribution in [-0.2, 0) is 4.79 Å². The van der Waals surface area contributed by atoms with Crippen LogP contribution in [0.3, 0.4) is 0 Å². The maximum absolute atomic E-state index is 12.3. The molecule has 0 aliphatic carbocycles. The van der Waals surface area contributed by atoms with Crippen LogP contribution in [0.5, 0.6) is 0 Å². The molecule has 5 heteroatoms. The van der Waals surface area contributed by atoms with E-state index in [0.717, 1.165) is 12.3 Å². The SMILES string of the molecule is Cc1ccc(C)c(C2NCC(=O)N2CC2CSCCS2)c1. The van der Waals surface area contributed by atoms with Crippen molar-refractivity contribution in [1.29, 1.82) is 0 Å². The highest BCUT2D eigenvalue weighted by atomic mass is 32.2. The van der Waals surface area contributed by atoms with Gasteiger partial charge in [-0.2, -0.15) is 23.5 Å². The van der Waals surface area contributed by atoms with Crippen LogP contribution in [0.4, 0.5) is 0 Å². The lowest BCUT2D eigenvalue weighted by Crippen LogP contribution is -2.38. The molecule has 0 bridgehead atoms. The summed E-state index contributed by atoms with van der Waals surface area (Å²) in [4.78, 5) is 14.3. The summed E-state index contributed by atoms with van der Waals surface area (Å²) in [5.41, 5.74) is 3.75. The minimum Gasteiger partial charge on any atom is -0.321 e. The summed E-state index contributed by atoms with van der Waals surface area (Å²) in [7, 11) is 0. The van der Waals surface area contributed by atoms with Crippen LogP contribution in [0.1, 0.15) is 22.9 Å². The molecule has 2 fully saturated rings. The van der Waals surface area contributed by atoms with E-state index >= 15 is 0 Å². The molecule has 0 saturated carbocycles. The molecule has 0 radical (unpaired) electrons. The highest BCUT2D eigenvalue weighted by Crippen LogP contribution is 2.30. The van der Waals surface area contributed by atoms with Crippen molar-refractivity contribution in [2.24, 2.45) is 0 Å². The second kappa shape index (κ2) is 6.63. The number of amides is 1. The van der Waals surface area contributed by atoms with Gasteiger partial charge in [-0.3, -0.25) is 10.1 Å². The third kappa shape index (κ3) is 3.41. The Morgan fingerprint density at radius 1 is 1.33 bits per heavy atom. The van der Waals surface area contributed by atoms with E-state index in [-0.39, 0.29) is 12.1 Å². The number of nitrogens with one attached hydrogen (secondary N) is 1. The molecular formula is C16H22N2OS2. The average molecular weight is 322 g/mol. The van der Waals surface area contributed by atoms with E-state index < -0.39 is 0 Å². The van der Waals surface area contributed by atoms with Gasteiger partial charge in [-0.1, -0.05) is 23.8 Å². The largest absolute Gasteiger partial charge is 0.321 e. The Hall–Kier alpha value is -0.650. The molecule has 2 atom stereocenters. The zero-order chi connectivity index (χ0) is 14.8. The van der Waals surface area contributed by atoms with Crippen LogP contribution >= 0.6 is 23.5 Å². The van der Waals surface area contributed by atoms with Crippen molar-refractivity contribution in [3.05, 3.63) is 34.9 Å². The van der Waals surface area contributed by atoms with Gasteiger partial charge < -0.3 is 4.90 Å². The number of hydrogen-bond acceptors (Lipinski definition) is 4. The van der Waals surface area contributed by atoms with Gasteiger partial charge in [-0.05, 0) is 25.0 Å². The van der Waals surface area contributed by atoms with Crippen molar-refractivity contribution in [3.8, 4) is 0 Å². The zero-order valence-corrected chi connectivity index (χ0v) is 14.2. The van der Waals surface area contributed by atoms with Crippen LogP contribution in [0, 0.1) is 13.8 Å². The number of carbonyl (C=O) groups excluding carboxylic acids is 1. The fourth-order valence-corrected chi connectivity index (χ4v) is 5.60. The molecule has 1 N–H and O–H groups in total. The number of thioether (sulfide) groups is 2. The molecule has 1 amide bonds. The lowest BCUT2D eigenvalue weighted by molar-refractivity contribution is -0.128. The standard InChI is InChI=1S/C16H22N2OS2/c1-11-3-4-12(2)14(7-11)16-17-8-15(19)18(16)9-13-10-20-5-6-21-13/h3-4,7,13,16-17H,5-6,8-10H2,1-2H3. The van der Waals surface area contributed by atoms with Crippen molar-refractivity contribution in [1.82, 2.24) is 10.2 Å². The minimum absolute atomic E-state index is 0.0462. The summed E-state index contributed by atoms with van der Waals surface area (Å²) in [5, 5.41) is 3.96. The van der Waals surface area contributed by atoms with Crippen molar-refractivity contribution in [3.63, 3.8) is 0 Å². The van der Waals surface area contributed by atoms with Crippen molar-refractivity contribution in [2.45, 2.75) is 25.3 Å². The third-order valence-corrected chi connectivity index (χ3v) is 6.92.